The van der Waals surface area contributed by atoms with Gasteiger partial charge in [0.05, 0.1) is 0 Å². The van der Waals surface area contributed by atoms with Crippen LogP contribution in [0.3, 0.4) is 0 Å². The van der Waals surface area contributed by atoms with Gasteiger partial charge in [0.25, 0.3) is 0 Å². The lowest BCUT2D eigenvalue weighted by atomic mass is 10.3. The molecule has 0 aromatic carbocycles. The number of hydrogen-bond acceptors (Lipinski definition) is 3. The van der Waals surface area contributed by atoms with Gasteiger partial charge in [0.2, 0.25) is 5.91 Å². The Morgan fingerprint density at radius 1 is 1.45 bits per heavy atom. The molecule has 0 aliphatic rings. The molecule has 0 saturated carbocycles. The van der Waals surface area contributed by atoms with E-state index in [0.29, 0.717) is 12.0 Å². The SMILES string of the molecule is CCC(C)NC(=NCC(=O)N(C)C)NCCCn1cccn1. The fraction of sp³-hybridized carbons (Fsp3) is 0.667. The molecule has 0 saturated heterocycles. The lowest BCUT2D eigenvalue weighted by Crippen LogP contribution is -2.43. The van der Waals surface area contributed by atoms with Crippen molar-refractivity contribution in [1.29, 1.82) is 0 Å². The highest BCUT2D eigenvalue weighted by atomic mass is 16.2. The van der Waals surface area contributed by atoms with Crippen LogP contribution in [0.25, 0.3) is 0 Å². The summed E-state index contributed by atoms with van der Waals surface area (Å²) >= 11 is 0. The normalized spacial score (nSPS) is 12.8. The number of carbonyl (C=O) groups excluding carboxylic acids is 1. The maximum atomic E-state index is 11.6. The second-order valence-electron chi connectivity index (χ2n) is 5.46. The molecular weight excluding hydrogens is 280 g/mol. The van der Waals surface area contributed by atoms with Crippen molar-refractivity contribution in [3.63, 3.8) is 0 Å². The van der Waals surface area contributed by atoms with Gasteiger partial charge in [0.15, 0.2) is 5.96 Å². The van der Waals surface area contributed by atoms with E-state index in [1.807, 2.05) is 16.9 Å². The van der Waals surface area contributed by atoms with Gasteiger partial charge in [0, 0.05) is 45.6 Å². The van der Waals surface area contributed by atoms with Crippen molar-refractivity contribution in [2.75, 3.05) is 27.2 Å². The molecule has 0 spiro atoms. The number of rotatable bonds is 8. The number of aryl methyl sites for hydroxylation is 1. The summed E-state index contributed by atoms with van der Waals surface area (Å²) in [6.45, 7) is 5.98. The molecule has 7 heteroatoms. The summed E-state index contributed by atoms with van der Waals surface area (Å²) in [6, 6.07) is 2.23. The Morgan fingerprint density at radius 2 is 2.23 bits per heavy atom. The van der Waals surface area contributed by atoms with Crippen molar-refractivity contribution in [2.24, 2.45) is 4.99 Å². The van der Waals surface area contributed by atoms with Gasteiger partial charge in [-0.3, -0.25) is 9.48 Å². The molecule has 0 radical (unpaired) electrons. The zero-order valence-electron chi connectivity index (χ0n) is 14.0. The van der Waals surface area contributed by atoms with Crippen LogP contribution in [0.5, 0.6) is 0 Å². The maximum absolute atomic E-state index is 11.6. The number of hydrogen-bond donors (Lipinski definition) is 2. The number of aliphatic imine (C=N–C) groups is 1. The van der Waals surface area contributed by atoms with Crippen molar-refractivity contribution in [2.45, 2.75) is 39.3 Å². The zero-order chi connectivity index (χ0) is 16.4. The third kappa shape index (κ3) is 7.10. The minimum atomic E-state index is -0.0122. The minimum absolute atomic E-state index is 0.0122. The number of amides is 1. The first-order valence-corrected chi connectivity index (χ1v) is 7.75. The molecule has 7 nitrogen and oxygen atoms in total. The van der Waals surface area contributed by atoms with Gasteiger partial charge >= 0.3 is 0 Å². The van der Waals surface area contributed by atoms with Crippen LogP contribution in [0.1, 0.15) is 26.7 Å². The molecule has 124 valence electrons. The molecule has 1 heterocycles. The first-order chi connectivity index (χ1) is 10.5. The third-order valence-corrected chi connectivity index (χ3v) is 3.28. The lowest BCUT2D eigenvalue weighted by molar-refractivity contribution is -0.127. The van der Waals surface area contributed by atoms with E-state index in [4.69, 9.17) is 0 Å². The fourth-order valence-electron chi connectivity index (χ4n) is 1.66. The average molecular weight is 308 g/mol. The van der Waals surface area contributed by atoms with Crippen molar-refractivity contribution in [3.05, 3.63) is 18.5 Å². The van der Waals surface area contributed by atoms with E-state index in [2.05, 4.69) is 34.6 Å². The lowest BCUT2D eigenvalue weighted by Gasteiger charge is -2.17. The molecule has 0 aliphatic carbocycles. The Hall–Kier alpha value is -2.05. The summed E-state index contributed by atoms with van der Waals surface area (Å²) in [5.41, 5.74) is 0. The van der Waals surface area contributed by atoms with Crippen LogP contribution in [0.2, 0.25) is 0 Å². The summed E-state index contributed by atoms with van der Waals surface area (Å²) in [7, 11) is 3.47. The molecule has 1 rings (SSSR count). The van der Waals surface area contributed by atoms with Gasteiger partial charge in [-0.15, -0.1) is 0 Å². The molecule has 2 N–H and O–H groups in total. The summed E-state index contributed by atoms with van der Waals surface area (Å²) in [4.78, 5) is 17.5. The molecule has 22 heavy (non-hydrogen) atoms. The van der Waals surface area contributed by atoms with Crippen molar-refractivity contribution in [3.8, 4) is 0 Å². The quantitative estimate of drug-likeness (QED) is 0.421. The highest BCUT2D eigenvalue weighted by Crippen LogP contribution is 1.91. The monoisotopic (exact) mass is 308 g/mol. The Morgan fingerprint density at radius 3 is 2.82 bits per heavy atom. The Kier molecular flexibility index (Phi) is 8.03. The summed E-state index contributed by atoms with van der Waals surface area (Å²) < 4.78 is 1.90. The Bertz CT molecular complexity index is 455. The van der Waals surface area contributed by atoms with Crippen LogP contribution >= 0.6 is 0 Å². The van der Waals surface area contributed by atoms with E-state index in [1.165, 1.54) is 0 Å². The van der Waals surface area contributed by atoms with E-state index in [-0.39, 0.29) is 12.5 Å². The third-order valence-electron chi connectivity index (χ3n) is 3.28. The predicted octanol–water partition coefficient (Wildman–Crippen LogP) is 0.695. The molecule has 1 unspecified atom stereocenters. The Labute approximate surface area is 132 Å². The zero-order valence-corrected chi connectivity index (χ0v) is 14.0. The highest BCUT2D eigenvalue weighted by molar-refractivity contribution is 5.84. The number of nitrogens with one attached hydrogen (secondary N) is 2. The van der Waals surface area contributed by atoms with Gasteiger partial charge in [-0.2, -0.15) is 5.10 Å². The van der Waals surface area contributed by atoms with E-state index in [9.17, 15) is 4.79 Å². The van der Waals surface area contributed by atoms with Gasteiger partial charge in [0.1, 0.15) is 6.54 Å². The standard InChI is InChI=1S/C15H28N6O/c1-5-13(2)19-15(17-12-14(22)20(3)4)16-8-6-10-21-11-7-9-18-21/h7,9,11,13H,5-6,8,10,12H2,1-4H3,(H2,16,17,19). The smallest absolute Gasteiger partial charge is 0.243 e. The predicted molar refractivity (Wildman–Crippen MR) is 88.7 cm³/mol. The minimum Gasteiger partial charge on any atom is -0.356 e. The van der Waals surface area contributed by atoms with Crippen LogP contribution in [0, 0.1) is 0 Å². The number of aromatic nitrogens is 2. The second-order valence-corrected chi connectivity index (χ2v) is 5.46. The molecule has 1 amide bonds. The molecule has 1 aromatic rings. The average Bonchev–Trinajstić information content (AvgIpc) is 3.01. The largest absolute Gasteiger partial charge is 0.356 e. The van der Waals surface area contributed by atoms with Crippen molar-refractivity contribution in [1.82, 2.24) is 25.3 Å². The van der Waals surface area contributed by atoms with E-state index in [1.54, 1.807) is 25.2 Å². The van der Waals surface area contributed by atoms with Crippen molar-refractivity contribution < 1.29 is 4.79 Å². The number of carbonyl (C=O) groups is 1. The number of guanidine groups is 1. The Balaban J connectivity index is 2.42. The van der Waals surface area contributed by atoms with Gasteiger partial charge in [-0.25, -0.2) is 4.99 Å². The summed E-state index contributed by atoms with van der Waals surface area (Å²) in [6.07, 6.45) is 5.65. The summed E-state index contributed by atoms with van der Waals surface area (Å²) in [5.74, 6) is 0.673. The van der Waals surface area contributed by atoms with Crippen LogP contribution in [0.15, 0.2) is 23.5 Å². The summed E-state index contributed by atoms with van der Waals surface area (Å²) in [5, 5.41) is 10.7. The second kappa shape index (κ2) is 9.81. The topological polar surface area (TPSA) is 74.6 Å². The van der Waals surface area contributed by atoms with E-state index < -0.39 is 0 Å². The maximum Gasteiger partial charge on any atom is 0.243 e. The number of nitrogens with zero attached hydrogens (tertiary/aromatic N) is 4. The first kappa shape index (κ1) is 18.0. The molecule has 0 bridgehead atoms. The molecular formula is C15H28N6O. The van der Waals surface area contributed by atoms with E-state index in [0.717, 1.165) is 25.9 Å². The van der Waals surface area contributed by atoms with Gasteiger partial charge in [-0.1, -0.05) is 6.92 Å². The molecule has 0 aliphatic heterocycles. The molecule has 1 atom stereocenters. The van der Waals surface area contributed by atoms with Crippen LogP contribution in [-0.4, -0.2) is 59.8 Å². The fourth-order valence-corrected chi connectivity index (χ4v) is 1.66. The highest BCUT2D eigenvalue weighted by Gasteiger charge is 2.06. The van der Waals surface area contributed by atoms with Gasteiger partial charge < -0.3 is 15.5 Å². The molecule has 1 aromatic heterocycles. The molecule has 0 fully saturated rings. The van der Waals surface area contributed by atoms with Crippen LogP contribution < -0.4 is 10.6 Å². The number of likely N-dealkylation sites (N-methyl/N-ethyl adjacent to an activating group) is 1. The van der Waals surface area contributed by atoms with Crippen molar-refractivity contribution >= 4 is 11.9 Å². The first-order valence-electron chi connectivity index (χ1n) is 7.75. The van der Waals surface area contributed by atoms with Crippen LogP contribution in [0.4, 0.5) is 0 Å². The van der Waals surface area contributed by atoms with E-state index >= 15 is 0 Å². The van der Waals surface area contributed by atoms with Crippen LogP contribution in [-0.2, 0) is 11.3 Å². The van der Waals surface area contributed by atoms with Gasteiger partial charge in [-0.05, 0) is 25.8 Å².